The van der Waals surface area contributed by atoms with E-state index >= 15 is 0 Å². The van der Waals surface area contributed by atoms with Gasteiger partial charge in [0, 0.05) is 12.1 Å². The van der Waals surface area contributed by atoms with E-state index in [-0.39, 0.29) is 18.1 Å². The Kier molecular flexibility index (Phi) is 4.03. The zero-order valence-corrected chi connectivity index (χ0v) is 7.50. The number of rotatable bonds is 4. The van der Waals surface area contributed by atoms with Gasteiger partial charge in [-0.25, -0.2) is 10.3 Å². The van der Waals surface area contributed by atoms with Crippen LogP contribution >= 0.6 is 0 Å². The van der Waals surface area contributed by atoms with Crippen LogP contribution in [0.1, 0.15) is 10.4 Å². The lowest BCUT2D eigenvalue weighted by atomic mass is 10.2. The van der Waals surface area contributed by atoms with Crippen molar-refractivity contribution in [3.63, 3.8) is 0 Å². The van der Waals surface area contributed by atoms with Crippen molar-refractivity contribution in [1.29, 1.82) is 0 Å². The molecule has 0 spiro atoms. The molecule has 3 N–H and O–H groups in total. The standard InChI is InChI=1S/C9H11FN2O2/c10-8-3-1-2-7(6-8)9(13)12-4-5-14-11/h1-3,6H,4-5,11H2,(H,12,13). The van der Waals surface area contributed by atoms with E-state index in [9.17, 15) is 9.18 Å². The summed E-state index contributed by atoms with van der Waals surface area (Å²) in [6.07, 6.45) is 0. The minimum Gasteiger partial charge on any atom is -0.350 e. The maximum Gasteiger partial charge on any atom is 0.251 e. The van der Waals surface area contributed by atoms with Crippen LogP contribution in [0.3, 0.4) is 0 Å². The van der Waals surface area contributed by atoms with Crippen molar-refractivity contribution < 1.29 is 14.0 Å². The van der Waals surface area contributed by atoms with E-state index in [0.29, 0.717) is 6.54 Å². The van der Waals surface area contributed by atoms with E-state index in [1.165, 1.54) is 24.3 Å². The van der Waals surface area contributed by atoms with Gasteiger partial charge in [0.1, 0.15) is 5.82 Å². The first kappa shape index (κ1) is 10.6. The molecule has 0 bridgehead atoms. The second kappa shape index (κ2) is 5.31. The molecule has 1 rings (SSSR count). The number of benzene rings is 1. The number of halogens is 1. The summed E-state index contributed by atoms with van der Waals surface area (Å²) in [4.78, 5) is 15.6. The lowest BCUT2D eigenvalue weighted by Gasteiger charge is -2.03. The van der Waals surface area contributed by atoms with Gasteiger partial charge in [0.15, 0.2) is 0 Å². The highest BCUT2D eigenvalue weighted by Gasteiger charge is 2.04. The third-order valence-corrected chi connectivity index (χ3v) is 1.59. The Morgan fingerprint density at radius 3 is 3.00 bits per heavy atom. The highest BCUT2D eigenvalue weighted by atomic mass is 19.1. The number of nitrogens with one attached hydrogen (secondary N) is 1. The van der Waals surface area contributed by atoms with Crippen molar-refractivity contribution in [2.24, 2.45) is 5.90 Å². The van der Waals surface area contributed by atoms with Gasteiger partial charge in [0.25, 0.3) is 5.91 Å². The van der Waals surface area contributed by atoms with Crippen LogP contribution in [-0.2, 0) is 4.84 Å². The van der Waals surface area contributed by atoms with Gasteiger partial charge in [0.05, 0.1) is 6.61 Å². The van der Waals surface area contributed by atoms with E-state index in [2.05, 4.69) is 10.2 Å². The molecule has 0 aromatic heterocycles. The van der Waals surface area contributed by atoms with Gasteiger partial charge in [-0.2, -0.15) is 0 Å². The molecule has 1 amide bonds. The molecule has 0 saturated heterocycles. The lowest BCUT2D eigenvalue weighted by molar-refractivity contribution is 0.0916. The first-order valence-corrected chi connectivity index (χ1v) is 4.09. The van der Waals surface area contributed by atoms with Gasteiger partial charge in [-0.1, -0.05) is 6.07 Å². The number of carbonyl (C=O) groups excluding carboxylic acids is 1. The number of nitrogens with two attached hydrogens (primary N) is 1. The van der Waals surface area contributed by atoms with Crippen LogP contribution in [0.2, 0.25) is 0 Å². The van der Waals surface area contributed by atoms with Crippen molar-refractivity contribution in [3.8, 4) is 0 Å². The molecule has 1 aromatic carbocycles. The molecule has 0 radical (unpaired) electrons. The smallest absolute Gasteiger partial charge is 0.251 e. The van der Waals surface area contributed by atoms with Gasteiger partial charge in [0.2, 0.25) is 0 Å². The Balaban J connectivity index is 2.52. The first-order valence-electron chi connectivity index (χ1n) is 4.09. The summed E-state index contributed by atoms with van der Waals surface area (Å²) in [5, 5.41) is 2.52. The number of amides is 1. The van der Waals surface area contributed by atoms with Crippen LogP contribution in [0.4, 0.5) is 4.39 Å². The molecule has 0 unspecified atom stereocenters. The van der Waals surface area contributed by atoms with E-state index in [0.717, 1.165) is 0 Å². The van der Waals surface area contributed by atoms with E-state index in [4.69, 9.17) is 5.90 Å². The maximum atomic E-state index is 12.7. The summed E-state index contributed by atoms with van der Waals surface area (Å²) in [5.74, 6) is 3.98. The predicted molar refractivity (Wildman–Crippen MR) is 48.9 cm³/mol. The summed E-state index contributed by atoms with van der Waals surface area (Å²) in [7, 11) is 0. The summed E-state index contributed by atoms with van der Waals surface area (Å²) >= 11 is 0. The molecule has 0 heterocycles. The molecule has 14 heavy (non-hydrogen) atoms. The Labute approximate surface area is 80.8 Å². The van der Waals surface area contributed by atoms with Crippen LogP contribution in [0.15, 0.2) is 24.3 Å². The van der Waals surface area contributed by atoms with E-state index in [1.807, 2.05) is 0 Å². The minimum atomic E-state index is -0.437. The number of hydrogen-bond donors (Lipinski definition) is 2. The Bertz CT molecular complexity index is 317. The Hall–Kier alpha value is -1.46. The molecule has 0 atom stereocenters. The molecule has 1 aromatic rings. The molecule has 0 saturated carbocycles. The number of hydrogen-bond acceptors (Lipinski definition) is 3. The maximum absolute atomic E-state index is 12.7. The Morgan fingerprint density at radius 2 is 2.36 bits per heavy atom. The van der Waals surface area contributed by atoms with Gasteiger partial charge in [-0.05, 0) is 18.2 Å². The fourth-order valence-corrected chi connectivity index (χ4v) is 0.955. The average Bonchev–Trinajstić information content (AvgIpc) is 2.18. The minimum absolute atomic E-state index is 0.223. The third kappa shape index (κ3) is 3.12. The monoisotopic (exact) mass is 198 g/mol. The van der Waals surface area contributed by atoms with Crippen molar-refractivity contribution in [1.82, 2.24) is 5.32 Å². The second-order valence-electron chi connectivity index (χ2n) is 2.64. The fourth-order valence-electron chi connectivity index (χ4n) is 0.955. The topological polar surface area (TPSA) is 64.3 Å². The van der Waals surface area contributed by atoms with Crippen LogP contribution in [0.5, 0.6) is 0 Å². The quantitative estimate of drug-likeness (QED) is 0.545. The van der Waals surface area contributed by atoms with Gasteiger partial charge >= 0.3 is 0 Å². The molecule has 76 valence electrons. The van der Waals surface area contributed by atoms with Crippen LogP contribution in [0.25, 0.3) is 0 Å². The van der Waals surface area contributed by atoms with Crippen molar-refractivity contribution >= 4 is 5.91 Å². The van der Waals surface area contributed by atoms with Crippen LogP contribution in [0, 0.1) is 5.82 Å². The molecule has 0 fully saturated rings. The predicted octanol–water partition coefficient (Wildman–Crippen LogP) is 0.446. The normalized spacial score (nSPS) is 9.86. The fraction of sp³-hybridized carbons (Fsp3) is 0.222. The molecule has 0 aliphatic carbocycles. The Morgan fingerprint density at radius 1 is 1.57 bits per heavy atom. The lowest BCUT2D eigenvalue weighted by Crippen LogP contribution is -2.28. The highest BCUT2D eigenvalue weighted by Crippen LogP contribution is 2.02. The van der Waals surface area contributed by atoms with Gasteiger partial charge < -0.3 is 10.2 Å². The second-order valence-corrected chi connectivity index (χ2v) is 2.64. The zero-order valence-electron chi connectivity index (χ0n) is 7.50. The summed E-state index contributed by atoms with van der Waals surface area (Å²) in [5.41, 5.74) is 0.280. The van der Waals surface area contributed by atoms with Crippen molar-refractivity contribution in [2.45, 2.75) is 0 Å². The van der Waals surface area contributed by atoms with E-state index in [1.54, 1.807) is 0 Å². The zero-order chi connectivity index (χ0) is 10.4. The molecular formula is C9H11FN2O2. The molecule has 4 nitrogen and oxygen atoms in total. The molecule has 0 aliphatic rings. The molecule has 5 heteroatoms. The SMILES string of the molecule is NOCCNC(=O)c1cccc(F)c1. The summed E-state index contributed by atoms with van der Waals surface area (Å²) in [6.45, 7) is 0.521. The van der Waals surface area contributed by atoms with Crippen molar-refractivity contribution in [2.75, 3.05) is 13.2 Å². The van der Waals surface area contributed by atoms with Crippen LogP contribution in [-0.4, -0.2) is 19.1 Å². The van der Waals surface area contributed by atoms with Gasteiger partial charge in [-0.15, -0.1) is 0 Å². The summed E-state index contributed by atoms with van der Waals surface area (Å²) < 4.78 is 12.7. The summed E-state index contributed by atoms with van der Waals surface area (Å²) in [6, 6.07) is 5.45. The van der Waals surface area contributed by atoms with E-state index < -0.39 is 5.82 Å². The molecular weight excluding hydrogens is 187 g/mol. The van der Waals surface area contributed by atoms with Crippen molar-refractivity contribution in [3.05, 3.63) is 35.6 Å². The largest absolute Gasteiger partial charge is 0.350 e. The highest BCUT2D eigenvalue weighted by molar-refractivity contribution is 5.94. The average molecular weight is 198 g/mol. The van der Waals surface area contributed by atoms with Gasteiger partial charge in [-0.3, -0.25) is 4.79 Å². The van der Waals surface area contributed by atoms with Crippen LogP contribution < -0.4 is 11.2 Å². The third-order valence-electron chi connectivity index (χ3n) is 1.59. The first-order chi connectivity index (χ1) is 6.74. The number of carbonyl (C=O) groups is 1. The molecule has 0 aliphatic heterocycles.